The van der Waals surface area contributed by atoms with Gasteiger partial charge in [0.2, 0.25) is 5.88 Å². The maximum absolute atomic E-state index is 12.8. The molecule has 0 aliphatic heterocycles. The van der Waals surface area contributed by atoms with E-state index in [4.69, 9.17) is 9.37 Å². The van der Waals surface area contributed by atoms with Crippen LogP contribution in [0.2, 0.25) is 0 Å². The van der Waals surface area contributed by atoms with Crippen molar-refractivity contribution in [3.05, 3.63) is 77.5 Å². The molecule has 158 valence electrons. The fourth-order valence-electron chi connectivity index (χ4n) is 3.59. The van der Waals surface area contributed by atoms with Crippen LogP contribution in [0, 0.1) is 0 Å². The Kier molecular flexibility index (Phi) is 4.83. The number of carbonyl (C=O) groups is 1. The molecule has 1 amide bonds. The molecule has 2 N–H and O–H groups in total. The smallest absolute Gasteiger partial charge is 0.257 e. The summed E-state index contributed by atoms with van der Waals surface area (Å²) in [5.74, 6) is 0.368. The Bertz CT molecular complexity index is 1240. The molecule has 1 fully saturated rings. The van der Waals surface area contributed by atoms with Crippen molar-refractivity contribution in [3.63, 3.8) is 0 Å². The zero-order valence-corrected chi connectivity index (χ0v) is 16.6. The van der Waals surface area contributed by atoms with E-state index in [0.29, 0.717) is 28.9 Å². The van der Waals surface area contributed by atoms with E-state index in [1.54, 1.807) is 36.5 Å². The molecule has 0 saturated heterocycles. The molecular formula is C23H22N4O4. The van der Waals surface area contributed by atoms with Crippen LogP contribution in [0.15, 0.2) is 65.4 Å². The van der Waals surface area contributed by atoms with Gasteiger partial charge in [-0.2, -0.15) is 0 Å². The largest absolute Gasteiger partial charge is 0.438 e. The summed E-state index contributed by atoms with van der Waals surface area (Å²) < 4.78 is 10.5. The molecule has 0 unspecified atom stereocenters. The van der Waals surface area contributed by atoms with Gasteiger partial charge in [0.25, 0.3) is 5.91 Å². The number of amides is 1. The van der Waals surface area contributed by atoms with E-state index < -0.39 is 5.60 Å². The van der Waals surface area contributed by atoms with Gasteiger partial charge in [0.15, 0.2) is 0 Å². The Morgan fingerprint density at radius 2 is 1.94 bits per heavy atom. The molecule has 8 nitrogen and oxygen atoms in total. The minimum Gasteiger partial charge on any atom is -0.438 e. The van der Waals surface area contributed by atoms with Crippen molar-refractivity contribution in [1.29, 1.82) is 0 Å². The monoisotopic (exact) mass is 418 g/mol. The number of aromatic nitrogens is 3. The third-order valence-electron chi connectivity index (χ3n) is 5.58. The lowest BCUT2D eigenvalue weighted by molar-refractivity contribution is -0.0388. The molecule has 2 aromatic carbocycles. The van der Waals surface area contributed by atoms with Gasteiger partial charge in [-0.05, 0) is 65.0 Å². The average Bonchev–Trinajstić information content (AvgIpc) is 3.24. The van der Waals surface area contributed by atoms with Crippen molar-refractivity contribution in [2.45, 2.75) is 31.4 Å². The van der Waals surface area contributed by atoms with Gasteiger partial charge in [0, 0.05) is 20.2 Å². The van der Waals surface area contributed by atoms with Crippen molar-refractivity contribution >= 4 is 16.9 Å². The third kappa shape index (κ3) is 3.85. The SMILES string of the molecule is O=C(NCc1ccc(C2(O)CCC2)cc1)c1cccnc1Oc1ccc2nonc2c1.[HH]. The summed E-state index contributed by atoms with van der Waals surface area (Å²) in [5.41, 5.74) is 2.67. The minimum absolute atomic E-state index is 0. The summed E-state index contributed by atoms with van der Waals surface area (Å²) in [7, 11) is 0. The van der Waals surface area contributed by atoms with Crippen LogP contribution in [0.25, 0.3) is 11.0 Å². The molecule has 0 spiro atoms. The van der Waals surface area contributed by atoms with E-state index in [1.807, 2.05) is 24.3 Å². The van der Waals surface area contributed by atoms with Crippen LogP contribution in [-0.4, -0.2) is 26.3 Å². The number of benzene rings is 2. The van der Waals surface area contributed by atoms with Crippen molar-refractivity contribution < 1.29 is 20.7 Å². The number of carbonyl (C=O) groups excluding carboxylic acids is 1. The Hall–Kier alpha value is -3.78. The van der Waals surface area contributed by atoms with Crippen LogP contribution in [0.3, 0.4) is 0 Å². The van der Waals surface area contributed by atoms with Crippen molar-refractivity contribution in [3.8, 4) is 11.6 Å². The van der Waals surface area contributed by atoms with Crippen LogP contribution >= 0.6 is 0 Å². The average molecular weight is 418 g/mol. The predicted octanol–water partition coefficient (Wildman–Crippen LogP) is 3.96. The fraction of sp³-hybridized carbons (Fsp3) is 0.217. The summed E-state index contributed by atoms with van der Waals surface area (Å²) in [6.45, 7) is 0.350. The first-order valence-electron chi connectivity index (χ1n) is 10.1. The van der Waals surface area contributed by atoms with Gasteiger partial charge in [0.05, 0.1) is 5.60 Å². The highest BCUT2D eigenvalue weighted by atomic mass is 16.6. The summed E-state index contributed by atoms with van der Waals surface area (Å²) in [6.07, 6.45) is 4.21. The molecule has 5 rings (SSSR count). The second-order valence-corrected chi connectivity index (χ2v) is 7.64. The Labute approximate surface area is 179 Å². The first-order valence-corrected chi connectivity index (χ1v) is 10.1. The van der Waals surface area contributed by atoms with E-state index in [0.717, 1.165) is 30.4 Å². The molecule has 31 heavy (non-hydrogen) atoms. The van der Waals surface area contributed by atoms with Crippen molar-refractivity contribution in [1.82, 2.24) is 20.6 Å². The topological polar surface area (TPSA) is 110 Å². The van der Waals surface area contributed by atoms with Gasteiger partial charge in [-0.3, -0.25) is 4.79 Å². The van der Waals surface area contributed by atoms with Gasteiger partial charge in [0.1, 0.15) is 22.3 Å². The first kappa shape index (κ1) is 19.2. The maximum Gasteiger partial charge on any atom is 0.257 e. The number of aliphatic hydroxyl groups is 1. The van der Waals surface area contributed by atoms with Gasteiger partial charge >= 0.3 is 0 Å². The highest BCUT2D eigenvalue weighted by Gasteiger charge is 2.35. The van der Waals surface area contributed by atoms with Gasteiger partial charge in [-0.1, -0.05) is 24.3 Å². The molecule has 2 aromatic heterocycles. The Morgan fingerprint density at radius 3 is 2.71 bits per heavy atom. The molecular weight excluding hydrogens is 396 g/mol. The van der Waals surface area contributed by atoms with E-state index in [1.165, 1.54) is 0 Å². The summed E-state index contributed by atoms with van der Waals surface area (Å²) in [5, 5.41) is 20.9. The highest BCUT2D eigenvalue weighted by molar-refractivity contribution is 5.96. The molecule has 8 heteroatoms. The predicted molar refractivity (Wildman–Crippen MR) is 114 cm³/mol. The third-order valence-corrected chi connectivity index (χ3v) is 5.58. The van der Waals surface area contributed by atoms with Gasteiger partial charge in [-0.15, -0.1) is 0 Å². The quantitative estimate of drug-likeness (QED) is 0.488. The van der Waals surface area contributed by atoms with E-state index in [9.17, 15) is 9.90 Å². The van der Waals surface area contributed by atoms with Crippen LogP contribution in [0.4, 0.5) is 0 Å². The minimum atomic E-state index is -0.686. The number of hydrogen-bond acceptors (Lipinski definition) is 7. The van der Waals surface area contributed by atoms with E-state index in [-0.39, 0.29) is 13.2 Å². The molecule has 0 radical (unpaired) electrons. The Balaban J connectivity index is 0.00000245. The molecule has 2 heterocycles. The van der Waals surface area contributed by atoms with Crippen molar-refractivity contribution in [2.24, 2.45) is 0 Å². The highest BCUT2D eigenvalue weighted by Crippen LogP contribution is 2.40. The summed E-state index contributed by atoms with van der Waals surface area (Å²) >= 11 is 0. The number of rotatable bonds is 6. The van der Waals surface area contributed by atoms with Crippen LogP contribution in [0.5, 0.6) is 11.6 Å². The number of nitrogens with one attached hydrogen (secondary N) is 1. The number of fused-ring (bicyclic) bond motifs is 1. The lowest BCUT2D eigenvalue weighted by atomic mass is 9.75. The summed E-state index contributed by atoms with van der Waals surface area (Å²) in [6, 6.07) is 16.1. The molecule has 0 atom stereocenters. The van der Waals surface area contributed by atoms with Crippen LogP contribution in [0.1, 0.15) is 42.2 Å². The lowest BCUT2D eigenvalue weighted by Gasteiger charge is -2.37. The fourth-order valence-corrected chi connectivity index (χ4v) is 3.59. The second kappa shape index (κ2) is 7.81. The van der Waals surface area contributed by atoms with Gasteiger partial charge < -0.3 is 15.2 Å². The van der Waals surface area contributed by atoms with E-state index >= 15 is 0 Å². The lowest BCUT2D eigenvalue weighted by Crippen LogP contribution is -2.33. The zero-order chi connectivity index (χ0) is 21.3. The number of nitrogens with zero attached hydrogens (tertiary/aromatic N) is 3. The number of pyridine rings is 1. The van der Waals surface area contributed by atoms with E-state index in [2.05, 4.69) is 20.6 Å². The first-order chi connectivity index (χ1) is 15.1. The normalized spacial score (nSPS) is 14.7. The zero-order valence-electron chi connectivity index (χ0n) is 16.6. The number of ether oxygens (including phenoxy) is 1. The maximum atomic E-state index is 12.8. The standard InChI is InChI=1S/C23H20N4O4.H2/c28-21(25-14-15-4-6-16(7-5-15)23(29)10-2-11-23)18-3-1-12-24-22(18)30-17-8-9-19-20(13-17)27-31-26-19;/h1,3-9,12-13,29H,2,10-11,14H2,(H,25,28);1H. The van der Waals surface area contributed by atoms with Gasteiger partial charge in [-0.25, -0.2) is 9.61 Å². The molecule has 1 saturated carbocycles. The van der Waals surface area contributed by atoms with Crippen LogP contribution < -0.4 is 10.1 Å². The second-order valence-electron chi connectivity index (χ2n) is 7.64. The molecule has 1 aliphatic rings. The van der Waals surface area contributed by atoms with Crippen molar-refractivity contribution in [2.75, 3.05) is 0 Å². The molecule has 4 aromatic rings. The summed E-state index contributed by atoms with van der Waals surface area (Å²) in [4.78, 5) is 17.0. The Morgan fingerprint density at radius 1 is 1.13 bits per heavy atom. The molecule has 0 bridgehead atoms. The molecule has 1 aliphatic carbocycles. The number of hydrogen-bond donors (Lipinski definition) is 2. The van der Waals surface area contributed by atoms with Crippen LogP contribution in [-0.2, 0) is 12.1 Å².